The number of piperidine rings is 1. The van der Waals surface area contributed by atoms with Crippen molar-refractivity contribution in [1.29, 1.82) is 0 Å². The number of hydrogen-bond acceptors (Lipinski definition) is 3. The minimum atomic E-state index is -0.475. The van der Waals surface area contributed by atoms with Crippen LogP contribution < -0.4 is 0 Å². The van der Waals surface area contributed by atoms with E-state index in [-0.39, 0.29) is 17.6 Å². The zero-order chi connectivity index (χ0) is 15.0. The number of nitrogens with one attached hydrogen (secondary N) is 1. The highest BCUT2D eigenvalue weighted by Gasteiger charge is 2.38. The van der Waals surface area contributed by atoms with Crippen LogP contribution in [0.3, 0.4) is 0 Å². The molecule has 1 saturated heterocycles. The lowest BCUT2D eigenvalue weighted by atomic mass is 9.81. The van der Waals surface area contributed by atoms with Crippen LogP contribution in [0.1, 0.15) is 59.2 Å². The van der Waals surface area contributed by atoms with E-state index in [9.17, 15) is 4.79 Å². The molecule has 1 unspecified atom stereocenters. The quantitative estimate of drug-likeness (QED) is 0.855. The van der Waals surface area contributed by atoms with Crippen LogP contribution in [0, 0.1) is 5.41 Å². The molecule has 0 aliphatic carbocycles. The lowest BCUT2D eigenvalue weighted by Gasteiger charge is -2.43. The van der Waals surface area contributed by atoms with E-state index in [1.165, 1.54) is 0 Å². The summed E-state index contributed by atoms with van der Waals surface area (Å²) in [5, 5.41) is 0. The second kappa shape index (κ2) is 5.11. The van der Waals surface area contributed by atoms with E-state index in [0.29, 0.717) is 6.54 Å². The molecule has 0 spiro atoms. The summed E-state index contributed by atoms with van der Waals surface area (Å²) < 4.78 is 5.55. The third kappa shape index (κ3) is 3.52. The summed E-state index contributed by atoms with van der Waals surface area (Å²) in [6.07, 6.45) is 5.21. The Morgan fingerprint density at radius 3 is 2.75 bits per heavy atom. The molecule has 1 fully saturated rings. The van der Waals surface area contributed by atoms with Gasteiger partial charge in [0, 0.05) is 6.54 Å². The summed E-state index contributed by atoms with van der Waals surface area (Å²) in [6, 6.07) is 0.0281. The van der Waals surface area contributed by atoms with Crippen molar-refractivity contribution in [3.8, 4) is 0 Å². The van der Waals surface area contributed by atoms with Gasteiger partial charge in [0.1, 0.15) is 5.60 Å². The molecule has 0 aromatic carbocycles. The molecule has 2 heterocycles. The van der Waals surface area contributed by atoms with Crippen LogP contribution in [0.2, 0.25) is 0 Å². The number of likely N-dealkylation sites (tertiary alicyclic amines) is 1. The number of imidazole rings is 1. The Kier molecular flexibility index (Phi) is 3.80. The lowest BCUT2D eigenvalue weighted by molar-refractivity contribution is -0.00855. The highest BCUT2D eigenvalue weighted by Crippen LogP contribution is 2.39. The second-order valence-electron chi connectivity index (χ2n) is 7.33. The zero-order valence-electron chi connectivity index (χ0n) is 13.1. The normalized spacial score (nSPS) is 22.6. The third-order valence-corrected chi connectivity index (χ3v) is 3.58. The van der Waals surface area contributed by atoms with Gasteiger partial charge in [-0.05, 0) is 39.0 Å². The molecule has 1 aromatic heterocycles. The summed E-state index contributed by atoms with van der Waals surface area (Å²) in [5.74, 6) is 0. The van der Waals surface area contributed by atoms with Crippen LogP contribution in [0.4, 0.5) is 4.79 Å². The fraction of sp³-hybridized carbons (Fsp3) is 0.733. The van der Waals surface area contributed by atoms with E-state index in [2.05, 4.69) is 23.8 Å². The molecule has 1 aromatic rings. The standard InChI is InChI=1S/C15H25N3O2/c1-14(2,3)20-13(19)18-9-15(4,5)7-6-12(18)11-8-16-10-17-11/h8,10,12H,6-7,9H2,1-5H3,(H,16,17). The average Bonchev–Trinajstić information content (AvgIpc) is 2.78. The van der Waals surface area contributed by atoms with E-state index in [0.717, 1.165) is 18.5 Å². The van der Waals surface area contributed by atoms with Gasteiger partial charge < -0.3 is 9.72 Å². The first-order valence-electron chi connectivity index (χ1n) is 7.16. The Bertz CT molecular complexity index is 460. The van der Waals surface area contributed by atoms with Crippen molar-refractivity contribution in [2.75, 3.05) is 6.54 Å². The highest BCUT2D eigenvalue weighted by atomic mass is 16.6. The topological polar surface area (TPSA) is 58.2 Å². The van der Waals surface area contributed by atoms with Gasteiger partial charge in [0.15, 0.2) is 0 Å². The first-order chi connectivity index (χ1) is 9.18. The molecule has 1 aliphatic heterocycles. The Labute approximate surface area is 120 Å². The number of ether oxygens (including phenoxy) is 1. The maximum absolute atomic E-state index is 12.5. The number of aromatic amines is 1. The van der Waals surface area contributed by atoms with Gasteiger partial charge in [0.2, 0.25) is 0 Å². The van der Waals surface area contributed by atoms with Crippen LogP contribution in [0.5, 0.6) is 0 Å². The number of carbonyl (C=O) groups is 1. The molecule has 1 N–H and O–H groups in total. The van der Waals surface area contributed by atoms with Crippen molar-refractivity contribution in [1.82, 2.24) is 14.9 Å². The Morgan fingerprint density at radius 1 is 1.50 bits per heavy atom. The molecule has 2 rings (SSSR count). The predicted molar refractivity (Wildman–Crippen MR) is 77.3 cm³/mol. The van der Waals surface area contributed by atoms with Gasteiger partial charge in [-0.1, -0.05) is 13.8 Å². The van der Waals surface area contributed by atoms with Gasteiger partial charge in [-0.2, -0.15) is 0 Å². The summed E-state index contributed by atoms with van der Waals surface area (Å²) in [7, 11) is 0. The number of H-pyrrole nitrogens is 1. The van der Waals surface area contributed by atoms with E-state index >= 15 is 0 Å². The Balaban J connectivity index is 2.20. The Morgan fingerprint density at radius 2 is 2.20 bits per heavy atom. The SMILES string of the molecule is CC1(C)CCC(c2cnc[nH]2)N(C(=O)OC(C)(C)C)C1. The predicted octanol–water partition coefficient (Wildman–Crippen LogP) is 3.51. The number of hydrogen-bond donors (Lipinski definition) is 1. The van der Waals surface area contributed by atoms with Crippen LogP contribution in [0.25, 0.3) is 0 Å². The van der Waals surface area contributed by atoms with Crippen molar-refractivity contribution in [3.63, 3.8) is 0 Å². The van der Waals surface area contributed by atoms with Crippen LogP contribution >= 0.6 is 0 Å². The number of rotatable bonds is 1. The first kappa shape index (κ1) is 14.9. The molecule has 0 saturated carbocycles. The molecule has 0 bridgehead atoms. The number of aromatic nitrogens is 2. The zero-order valence-corrected chi connectivity index (χ0v) is 13.1. The number of carbonyl (C=O) groups excluding carboxylic acids is 1. The third-order valence-electron chi connectivity index (χ3n) is 3.58. The minimum Gasteiger partial charge on any atom is -0.444 e. The van der Waals surface area contributed by atoms with Crippen molar-refractivity contribution >= 4 is 6.09 Å². The number of amides is 1. The van der Waals surface area contributed by atoms with Gasteiger partial charge >= 0.3 is 6.09 Å². The van der Waals surface area contributed by atoms with E-state index < -0.39 is 5.60 Å². The van der Waals surface area contributed by atoms with Crippen molar-refractivity contribution in [2.45, 2.75) is 59.1 Å². The maximum atomic E-state index is 12.5. The van der Waals surface area contributed by atoms with Crippen molar-refractivity contribution in [3.05, 3.63) is 18.2 Å². The molecule has 1 aliphatic rings. The van der Waals surface area contributed by atoms with Gasteiger partial charge in [-0.15, -0.1) is 0 Å². The number of nitrogens with zero attached hydrogens (tertiary/aromatic N) is 2. The summed E-state index contributed by atoms with van der Waals surface area (Å²) >= 11 is 0. The largest absolute Gasteiger partial charge is 0.444 e. The van der Waals surface area contributed by atoms with Crippen LogP contribution in [0.15, 0.2) is 12.5 Å². The Hall–Kier alpha value is -1.52. The van der Waals surface area contributed by atoms with Gasteiger partial charge in [-0.25, -0.2) is 9.78 Å². The molecule has 112 valence electrons. The fourth-order valence-corrected chi connectivity index (χ4v) is 2.62. The smallest absolute Gasteiger partial charge is 0.410 e. The molecule has 5 heteroatoms. The summed E-state index contributed by atoms with van der Waals surface area (Å²) in [6.45, 7) is 10.8. The monoisotopic (exact) mass is 279 g/mol. The molecular weight excluding hydrogens is 254 g/mol. The van der Waals surface area contributed by atoms with Crippen molar-refractivity contribution in [2.24, 2.45) is 5.41 Å². The van der Waals surface area contributed by atoms with Crippen LogP contribution in [-0.4, -0.2) is 33.1 Å². The van der Waals surface area contributed by atoms with Crippen molar-refractivity contribution < 1.29 is 9.53 Å². The molecule has 1 amide bonds. The van der Waals surface area contributed by atoms with Gasteiger partial charge in [0.05, 0.1) is 24.3 Å². The average molecular weight is 279 g/mol. The second-order valence-corrected chi connectivity index (χ2v) is 7.33. The molecule has 20 heavy (non-hydrogen) atoms. The maximum Gasteiger partial charge on any atom is 0.410 e. The van der Waals surface area contributed by atoms with Gasteiger partial charge in [0.25, 0.3) is 0 Å². The summed E-state index contributed by atoms with van der Waals surface area (Å²) in [5.41, 5.74) is 0.622. The molecule has 0 radical (unpaired) electrons. The van der Waals surface area contributed by atoms with E-state index in [4.69, 9.17) is 4.74 Å². The molecular formula is C15H25N3O2. The van der Waals surface area contributed by atoms with E-state index in [1.54, 1.807) is 12.5 Å². The first-order valence-corrected chi connectivity index (χ1v) is 7.16. The van der Waals surface area contributed by atoms with Gasteiger partial charge in [-0.3, -0.25) is 4.90 Å². The minimum absolute atomic E-state index is 0.0281. The lowest BCUT2D eigenvalue weighted by Crippen LogP contribution is -2.47. The highest BCUT2D eigenvalue weighted by molar-refractivity contribution is 5.69. The van der Waals surface area contributed by atoms with E-state index in [1.807, 2.05) is 25.7 Å². The van der Waals surface area contributed by atoms with Crippen LogP contribution in [-0.2, 0) is 4.74 Å². The molecule has 1 atom stereocenters. The molecule has 5 nitrogen and oxygen atoms in total. The fourth-order valence-electron chi connectivity index (χ4n) is 2.62. The summed E-state index contributed by atoms with van der Waals surface area (Å²) in [4.78, 5) is 21.5.